The number of rotatable bonds is 7. The number of alkyl halides is 10. The number of benzene rings is 7. The molecule has 0 aliphatic heterocycles. The molecule has 7 aromatic rings. The molecule has 2 aliphatic rings. The maximum atomic E-state index is 13.7. The fraction of sp³-hybridized carbons (Fsp3) is 0.222. The van der Waals surface area contributed by atoms with Crippen molar-refractivity contribution in [2.75, 3.05) is 9.80 Å². The Labute approximate surface area is 375 Å². The molecule has 9 rings (SSSR count). The Kier molecular flexibility index (Phi) is 10.3. The highest BCUT2D eigenvalue weighted by molar-refractivity contribution is 5.94. The van der Waals surface area contributed by atoms with E-state index in [1.165, 1.54) is 36.4 Å². The summed E-state index contributed by atoms with van der Waals surface area (Å²) in [5, 5.41) is 0. The zero-order chi connectivity index (χ0) is 47.5. The number of anilines is 6. The Morgan fingerprint density at radius 3 is 0.939 bits per heavy atom. The van der Waals surface area contributed by atoms with E-state index in [0.29, 0.717) is 39.7 Å². The highest BCUT2D eigenvalue weighted by atomic mass is 19.4. The third-order valence-electron chi connectivity index (χ3n) is 13.3. The molecule has 0 fully saturated rings. The minimum atomic E-state index is -4.59. The van der Waals surface area contributed by atoms with E-state index in [2.05, 4.69) is 45.9 Å². The van der Waals surface area contributed by atoms with Crippen LogP contribution < -0.4 is 9.80 Å². The van der Waals surface area contributed by atoms with Gasteiger partial charge < -0.3 is 9.80 Å². The van der Waals surface area contributed by atoms with E-state index in [0.717, 1.165) is 92.0 Å². The highest BCUT2D eigenvalue weighted by Gasteiger charge is 2.44. The van der Waals surface area contributed by atoms with Crippen LogP contribution in [0.25, 0.3) is 22.3 Å². The summed E-state index contributed by atoms with van der Waals surface area (Å²) >= 11 is 0. The summed E-state index contributed by atoms with van der Waals surface area (Å²) in [6, 6.07) is 33.2. The van der Waals surface area contributed by atoms with Crippen LogP contribution in [0.5, 0.6) is 0 Å². The average molecular weight is 909 g/mol. The van der Waals surface area contributed by atoms with Gasteiger partial charge in [0.05, 0.1) is 16.7 Å². The van der Waals surface area contributed by atoms with Crippen molar-refractivity contribution >= 4 is 34.1 Å². The van der Waals surface area contributed by atoms with Crippen LogP contribution in [-0.4, -0.2) is 0 Å². The summed E-state index contributed by atoms with van der Waals surface area (Å²) in [4.78, 5) is 3.53. The van der Waals surface area contributed by atoms with Crippen LogP contribution in [0.4, 0.5) is 78.0 Å². The van der Waals surface area contributed by atoms with E-state index >= 15 is 0 Å². The predicted molar refractivity (Wildman–Crippen MR) is 240 cm³/mol. The molecule has 12 heteroatoms. The van der Waals surface area contributed by atoms with E-state index in [1.807, 2.05) is 36.9 Å². The van der Waals surface area contributed by atoms with Gasteiger partial charge in [0.15, 0.2) is 0 Å². The number of nitrogens with zero attached hydrogens (tertiary/aromatic N) is 2. The Morgan fingerprint density at radius 2 is 0.667 bits per heavy atom. The number of aryl methyl sites for hydroxylation is 2. The molecule has 0 amide bonds. The fourth-order valence-electron chi connectivity index (χ4n) is 9.86. The zero-order valence-electron chi connectivity index (χ0n) is 36.6. The topological polar surface area (TPSA) is 6.48 Å². The van der Waals surface area contributed by atoms with Crippen LogP contribution in [0.2, 0.25) is 0 Å². The fourth-order valence-corrected chi connectivity index (χ4v) is 9.86. The van der Waals surface area contributed by atoms with Gasteiger partial charge in [0.25, 0.3) is 0 Å². The second-order valence-electron chi connectivity index (χ2n) is 18.2. The van der Waals surface area contributed by atoms with Gasteiger partial charge in [0.1, 0.15) is 6.67 Å². The molecule has 7 aromatic carbocycles. The first-order chi connectivity index (χ1) is 30.9. The molecule has 0 bridgehead atoms. The third kappa shape index (κ3) is 7.38. The molecular formula is C54H42F10N2. The van der Waals surface area contributed by atoms with E-state index in [9.17, 15) is 43.9 Å². The van der Waals surface area contributed by atoms with Gasteiger partial charge in [0.2, 0.25) is 0 Å². The van der Waals surface area contributed by atoms with Gasteiger partial charge in [-0.2, -0.15) is 39.5 Å². The lowest BCUT2D eigenvalue weighted by Gasteiger charge is -2.29. The van der Waals surface area contributed by atoms with Crippen molar-refractivity contribution in [3.8, 4) is 22.3 Å². The lowest BCUT2D eigenvalue weighted by atomic mass is 9.79. The van der Waals surface area contributed by atoms with E-state index in [-0.39, 0.29) is 0 Å². The van der Waals surface area contributed by atoms with Crippen molar-refractivity contribution in [3.63, 3.8) is 0 Å². The summed E-state index contributed by atoms with van der Waals surface area (Å²) in [7, 11) is 0. The maximum Gasteiger partial charge on any atom is 0.416 e. The first kappa shape index (κ1) is 44.6. The van der Waals surface area contributed by atoms with Gasteiger partial charge in [-0.3, -0.25) is 0 Å². The minimum absolute atomic E-state index is 0.330. The van der Waals surface area contributed by atoms with E-state index in [1.54, 1.807) is 29.2 Å². The standard InChI is InChI=1S/C54H42F10N2/c1-30-23-40(65(36-15-7-32(29-55)8-16-36)37-17-9-33(10-18-37)52(56,57)58)25-46-48(30)42-27-45-43(28-44(42)50(46,3)4)49-31(2)24-41(26-47(49)51(45,5)6)66(38-19-11-34(12-20-38)53(59,60)61)39-21-13-35(14-22-39)54(62,63)64/h7-28H,29H2,1-6H3. The Balaban J connectivity index is 1.15. The number of hydrogen-bond acceptors (Lipinski definition) is 2. The maximum absolute atomic E-state index is 13.7. The third-order valence-corrected chi connectivity index (χ3v) is 13.3. The minimum Gasteiger partial charge on any atom is -0.310 e. The quantitative estimate of drug-likeness (QED) is 0.147. The molecule has 0 heterocycles. The molecule has 0 unspecified atom stereocenters. The van der Waals surface area contributed by atoms with Crippen molar-refractivity contribution in [3.05, 3.63) is 189 Å². The van der Waals surface area contributed by atoms with E-state index < -0.39 is 52.7 Å². The Bertz CT molecular complexity index is 2960. The Morgan fingerprint density at radius 1 is 0.379 bits per heavy atom. The van der Waals surface area contributed by atoms with Crippen LogP contribution in [-0.2, 0) is 36.0 Å². The number of halogens is 10. The van der Waals surface area contributed by atoms with Gasteiger partial charge in [-0.25, -0.2) is 4.39 Å². The van der Waals surface area contributed by atoms with Crippen LogP contribution in [0.3, 0.4) is 0 Å². The molecule has 2 aliphatic carbocycles. The molecule has 338 valence electrons. The van der Waals surface area contributed by atoms with Gasteiger partial charge in [-0.15, -0.1) is 0 Å². The average Bonchev–Trinajstić information content (AvgIpc) is 3.62. The normalized spacial score (nSPS) is 14.7. The molecule has 0 atom stereocenters. The molecule has 0 spiro atoms. The van der Waals surface area contributed by atoms with Crippen molar-refractivity contribution in [2.45, 2.75) is 77.6 Å². The zero-order valence-corrected chi connectivity index (χ0v) is 36.6. The molecule has 66 heavy (non-hydrogen) atoms. The SMILES string of the molecule is Cc1cc(N(c2ccc(CF)cc2)c2ccc(C(F)(F)F)cc2)cc2c1-c1cc3c(cc1C2(C)C)-c1c(C)cc(N(c2ccc(C(F)(F)F)cc2)c2ccc(C(F)(F)F)cc2)cc1C3(C)C. The van der Waals surface area contributed by atoms with Crippen molar-refractivity contribution in [2.24, 2.45) is 0 Å². The van der Waals surface area contributed by atoms with Gasteiger partial charge in [0, 0.05) is 45.0 Å². The van der Waals surface area contributed by atoms with Gasteiger partial charge in [-0.1, -0.05) is 39.8 Å². The highest BCUT2D eigenvalue weighted by Crippen LogP contribution is 2.59. The molecule has 0 N–H and O–H groups in total. The molecular weight excluding hydrogens is 867 g/mol. The van der Waals surface area contributed by atoms with Crippen LogP contribution in [0.1, 0.15) is 83.3 Å². The predicted octanol–water partition coefficient (Wildman–Crippen LogP) is 17.4. The first-order valence-electron chi connectivity index (χ1n) is 21.2. The van der Waals surface area contributed by atoms with Crippen LogP contribution in [0.15, 0.2) is 133 Å². The monoisotopic (exact) mass is 908 g/mol. The summed E-state index contributed by atoms with van der Waals surface area (Å²) in [5.41, 5.74) is 9.76. The van der Waals surface area contributed by atoms with Crippen molar-refractivity contribution in [1.82, 2.24) is 0 Å². The summed E-state index contributed by atoms with van der Waals surface area (Å²) in [6.07, 6.45) is -13.7. The smallest absolute Gasteiger partial charge is 0.310 e. The van der Waals surface area contributed by atoms with Crippen LogP contribution in [0, 0.1) is 13.8 Å². The number of fused-ring (bicyclic) bond motifs is 6. The summed E-state index contributed by atoms with van der Waals surface area (Å²) in [5.74, 6) is 0. The first-order valence-corrected chi connectivity index (χ1v) is 21.2. The summed E-state index contributed by atoms with van der Waals surface area (Å²) in [6.45, 7) is 11.8. The Hall–Kier alpha value is -6.56. The van der Waals surface area contributed by atoms with Crippen molar-refractivity contribution in [1.29, 1.82) is 0 Å². The lowest BCUT2D eigenvalue weighted by molar-refractivity contribution is -0.138. The second kappa shape index (κ2) is 15.3. The van der Waals surface area contributed by atoms with E-state index in [4.69, 9.17) is 0 Å². The number of hydrogen-bond donors (Lipinski definition) is 0. The molecule has 0 radical (unpaired) electrons. The molecule has 0 saturated carbocycles. The second-order valence-corrected chi connectivity index (χ2v) is 18.2. The van der Waals surface area contributed by atoms with Crippen molar-refractivity contribution < 1.29 is 43.9 Å². The van der Waals surface area contributed by atoms with Crippen LogP contribution >= 0.6 is 0 Å². The largest absolute Gasteiger partial charge is 0.416 e. The summed E-state index contributed by atoms with van der Waals surface area (Å²) < 4.78 is 137. The molecule has 0 aromatic heterocycles. The van der Waals surface area contributed by atoms with Gasteiger partial charge in [-0.05, 0) is 196 Å². The van der Waals surface area contributed by atoms with Gasteiger partial charge >= 0.3 is 18.5 Å². The molecule has 0 saturated heterocycles. The lowest BCUT2D eigenvalue weighted by Crippen LogP contribution is -2.18. The molecule has 2 nitrogen and oxygen atoms in total.